The highest BCUT2D eigenvalue weighted by Crippen LogP contribution is 2.20. The van der Waals surface area contributed by atoms with Gasteiger partial charge in [0.15, 0.2) is 0 Å². The summed E-state index contributed by atoms with van der Waals surface area (Å²) < 4.78 is 13.2. The Morgan fingerprint density at radius 1 is 1.47 bits per heavy atom. The molecule has 1 heterocycles. The fourth-order valence-corrected chi connectivity index (χ4v) is 2.35. The molecule has 1 fully saturated rings. The number of hydrogen-bond donors (Lipinski definition) is 1. The largest absolute Gasteiger partial charge is 0.481 e. The lowest BCUT2D eigenvalue weighted by atomic mass is 9.96. The highest BCUT2D eigenvalue weighted by atomic mass is 19.1. The highest BCUT2D eigenvalue weighted by Gasteiger charge is 2.24. The van der Waals surface area contributed by atoms with Crippen LogP contribution in [0.4, 0.5) is 4.39 Å². The second kappa shape index (κ2) is 5.81. The molecule has 100 valence electrons. The Balaban J connectivity index is 1.96. The first-order valence-corrected chi connectivity index (χ1v) is 6.24. The van der Waals surface area contributed by atoms with Gasteiger partial charge in [0.1, 0.15) is 11.9 Å². The lowest BCUT2D eigenvalue weighted by molar-refractivity contribution is -0.143. The molecule has 0 saturated carbocycles. The zero-order valence-electron chi connectivity index (χ0n) is 10.5. The summed E-state index contributed by atoms with van der Waals surface area (Å²) in [5.41, 5.74) is 0.935. The van der Waals surface area contributed by atoms with E-state index >= 15 is 0 Å². The number of aliphatic carboxylic acids is 1. The fourth-order valence-electron chi connectivity index (χ4n) is 2.35. The minimum Gasteiger partial charge on any atom is -0.481 e. The van der Waals surface area contributed by atoms with Gasteiger partial charge in [0.05, 0.1) is 11.5 Å². The van der Waals surface area contributed by atoms with Gasteiger partial charge in [-0.1, -0.05) is 6.07 Å². The van der Waals surface area contributed by atoms with E-state index in [9.17, 15) is 9.18 Å². The first-order chi connectivity index (χ1) is 9.10. The maximum Gasteiger partial charge on any atom is 0.306 e. The van der Waals surface area contributed by atoms with E-state index in [-0.39, 0.29) is 11.5 Å². The van der Waals surface area contributed by atoms with E-state index in [1.807, 2.05) is 6.07 Å². The van der Waals surface area contributed by atoms with Gasteiger partial charge >= 0.3 is 5.97 Å². The predicted molar refractivity (Wildman–Crippen MR) is 66.8 cm³/mol. The third kappa shape index (κ3) is 3.30. The summed E-state index contributed by atoms with van der Waals surface area (Å²) in [6.07, 6.45) is 1.28. The van der Waals surface area contributed by atoms with Crippen LogP contribution in [0.15, 0.2) is 18.2 Å². The molecule has 1 aliphatic heterocycles. The van der Waals surface area contributed by atoms with Crippen molar-refractivity contribution >= 4 is 5.97 Å². The lowest BCUT2D eigenvalue weighted by Crippen LogP contribution is -2.35. The summed E-state index contributed by atoms with van der Waals surface area (Å²) in [5.74, 6) is -1.48. The summed E-state index contributed by atoms with van der Waals surface area (Å²) in [7, 11) is 0. The van der Waals surface area contributed by atoms with Crippen molar-refractivity contribution in [3.63, 3.8) is 0 Å². The second-order valence-electron chi connectivity index (χ2n) is 4.81. The maximum atomic E-state index is 13.2. The zero-order chi connectivity index (χ0) is 13.8. The van der Waals surface area contributed by atoms with Gasteiger partial charge in [-0.15, -0.1) is 0 Å². The quantitative estimate of drug-likeness (QED) is 0.904. The van der Waals surface area contributed by atoms with Gasteiger partial charge in [0, 0.05) is 6.54 Å². The Morgan fingerprint density at radius 2 is 2.16 bits per heavy atom. The van der Waals surface area contributed by atoms with Crippen LogP contribution in [-0.2, 0) is 11.3 Å². The zero-order valence-corrected chi connectivity index (χ0v) is 10.5. The van der Waals surface area contributed by atoms with Crippen molar-refractivity contribution < 1.29 is 14.3 Å². The second-order valence-corrected chi connectivity index (χ2v) is 4.81. The summed E-state index contributed by atoms with van der Waals surface area (Å²) in [6.45, 7) is 2.06. The van der Waals surface area contributed by atoms with E-state index in [2.05, 4.69) is 4.90 Å². The van der Waals surface area contributed by atoms with E-state index in [4.69, 9.17) is 10.4 Å². The summed E-state index contributed by atoms with van der Waals surface area (Å²) in [5, 5.41) is 17.7. The van der Waals surface area contributed by atoms with E-state index in [1.54, 1.807) is 12.1 Å². The Hall–Kier alpha value is -1.93. The number of carbonyl (C=O) groups is 1. The van der Waals surface area contributed by atoms with Gasteiger partial charge in [-0.05, 0) is 43.6 Å². The smallest absolute Gasteiger partial charge is 0.306 e. The van der Waals surface area contributed by atoms with Crippen molar-refractivity contribution in [1.82, 2.24) is 4.90 Å². The first-order valence-electron chi connectivity index (χ1n) is 6.24. The summed E-state index contributed by atoms with van der Waals surface area (Å²) >= 11 is 0. The van der Waals surface area contributed by atoms with E-state index in [0.717, 1.165) is 18.7 Å². The number of benzene rings is 1. The van der Waals surface area contributed by atoms with Gasteiger partial charge in [-0.2, -0.15) is 5.26 Å². The van der Waals surface area contributed by atoms with Gasteiger partial charge in [-0.3, -0.25) is 9.69 Å². The molecule has 1 N–H and O–H groups in total. The molecule has 0 radical (unpaired) electrons. The molecule has 1 aliphatic rings. The summed E-state index contributed by atoms with van der Waals surface area (Å²) in [4.78, 5) is 13.0. The van der Waals surface area contributed by atoms with Gasteiger partial charge in [0.25, 0.3) is 0 Å². The molecule has 0 bridgehead atoms. The number of halogens is 1. The Kier molecular flexibility index (Phi) is 4.13. The van der Waals surface area contributed by atoms with Crippen LogP contribution < -0.4 is 0 Å². The number of hydrogen-bond acceptors (Lipinski definition) is 3. The van der Waals surface area contributed by atoms with Crippen molar-refractivity contribution in [3.05, 3.63) is 35.1 Å². The fraction of sp³-hybridized carbons (Fsp3) is 0.429. The first kappa shape index (κ1) is 13.5. The average molecular weight is 262 g/mol. The molecule has 0 spiro atoms. The molecule has 19 heavy (non-hydrogen) atoms. The molecule has 1 aromatic carbocycles. The molecular weight excluding hydrogens is 247 g/mol. The van der Waals surface area contributed by atoms with Crippen LogP contribution in [0.3, 0.4) is 0 Å². The molecule has 0 aromatic heterocycles. The topological polar surface area (TPSA) is 64.3 Å². The van der Waals surface area contributed by atoms with Gasteiger partial charge in [0.2, 0.25) is 0 Å². The van der Waals surface area contributed by atoms with Crippen molar-refractivity contribution in [2.75, 3.05) is 13.1 Å². The van der Waals surface area contributed by atoms with E-state index in [1.165, 1.54) is 6.07 Å². The third-order valence-corrected chi connectivity index (χ3v) is 3.49. The van der Waals surface area contributed by atoms with Crippen LogP contribution in [0.2, 0.25) is 0 Å². The van der Waals surface area contributed by atoms with Crippen molar-refractivity contribution in [1.29, 1.82) is 5.26 Å². The van der Waals surface area contributed by atoms with Crippen LogP contribution in [0, 0.1) is 23.1 Å². The number of carboxylic acid groups (broad SMARTS) is 1. The molecular formula is C14H15FN2O2. The molecule has 1 aromatic rings. The Morgan fingerprint density at radius 3 is 2.74 bits per heavy atom. The number of carboxylic acids is 1. The number of piperidine rings is 1. The van der Waals surface area contributed by atoms with Gasteiger partial charge in [-0.25, -0.2) is 4.39 Å². The maximum absolute atomic E-state index is 13.2. The van der Waals surface area contributed by atoms with Crippen molar-refractivity contribution in [2.45, 2.75) is 19.4 Å². The van der Waals surface area contributed by atoms with Crippen molar-refractivity contribution in [2.24, 2.45) is 5.92 Å². The lowest BCUT2D eigenvalue weighted by Gasteiger charge is -2.30. The Bertz CT molecular complexity index is 517. The number of nitriles is 1. The number of nitrogens with zero attached hydrogens (tertiary/aromatic N) is 2. The minimum absolute atomic E-state index is 0.0536. The standard InChI is InChI=1S/C14H15FN2O2/c15-13-2-1-10(7-12(13)8-16)9-17-5-3-11(4-6-17)14(18)19/h1-2,7,11H,3-6,9H2,(H,18,19). The molecule has 2 rings (SSSR count). The summed E-state index contributed by atoms with van der Waals surface area (Å²) in [6, 6.07) is 6.35. The van der Waals surface area contributed by atoms with Crippen LogP contribution in [0.1, 0.15) is 24.0 Å². The van der Waals surface area contributed by atoms with Crippen LogP contribution in [0.5, 0.6) is 0 Å². The van der Waals surface area contributed by atoms with Crippen LogP contribution in [0.25, 0.3) is 0 Å². The Labute approximate surface area is 111 Å². The normalized spacial score (nSPS) is 17.1. The van der Waals surface area contributed by atoms with Crippen molar-refractivity contribution in [3.8, 4) is 6.07 Å². The minimum atomic E-state index is -0.729. The highest BCUT2D eigenvalue weighted by molar-refractivity contribution is 5.70. The van der Waals surface area contributed by atoms with E-state index in [0.29, 0.717) is 19.4 Å². The van der Waals surface area contributed by atoms with Crippen LogP contribution in [-0.4, -0.2) is 29.1 Å². The number of likely N-dealkylation sites (tertiary alicyclic amines) is 1. The molecule has 1 saturated heterocycles. The van der Waals surface area contributed by atoms with E-state index < -0.39 is 11.8 Å². The van der Waals surface area contributed by atoms with Crippen LogP contribution >= 0.6 is 0 Å². The third-order valence-electron chi connectivity index (χ3n) is 3.49. The SMILES string of the molecule is N#Cc1cc(CN2CCC(C(=O)O)CC2)ccc1F. The molecule has 0 amide bonds. The molecule has 4 nitrogen and oxygen atoms in total. The molecule has 0 atom stereocenters. The number of rotatable bonds is 3. The predicted octanol–water partition coefficient (Wildman–Crippen LogP) is 1.99. The molecule has 0 aliphatic carbocycles. The molecule has 5 heteroatoms. The van der Waals surface area contributed by atoms with Gasteiger partial charge < -0.3 is 5.11 Å². The average Bonchev–Trinajstić information content (AvgIpc) is 2.41. The molecule has 0 unspecified atom stereocenters. The monoisotopic (exact) mass is 262 g/mol.